The van der Waals surface area contributed by atoms with Crippen LogP contribution in [0.2, 0.25) is 5.02 Å². The van der Waals surface area contributed by atoms with Gasteiger partial charge in [-0.2, -0.15) is 5.10 Å². The molecular weight excluding hydrogens is 467 g/mol. The maximum atomic E-state index is 13.8. The summed E-state index contributed by atoms with van der Waals surface area (Å²) < 4.78 is 21.1. The van der Waals surface area contributed by atoms with Gasteiger partial charge in [0.25, 0.3) is 0 Å². The maximum Gasteiger partial charge on any atom is 0.145 e. The third-order valence-electron chi connectivity index (χ3n) is 6.33. The van der Waals surface area contributed by atoms with Crippen molar-refractivity contribution in [3.8, 4) is 16.9 Å². The fourth-order valence-corrected chi connectivity index (χ4v) is 4.70. The molecule has 35 heavy (non-hydrogen) atoms. The van der Waals surface area contributed by atoms with Crippen LogP contribution in [0, 0.1) is 5.82 Å². The minimum Gasteiger partial charge on any atom is -0.494 e. The van der Waals surface area contributed by atoms with Crippen LogP contribution in [0.3, 0.4) is 0 Å². The second-order valence-electron chi connectivity index (χ2n) is 8.64. The molecule has 0 amide bonds. The summed E-state index contributed by atoms with van der Waals surface area (Å²) in [6, 6.07) is 8.28. The van der Waals surface area contributed by atoms with Crippen molar-refractivity contribution < 1.29 is 9.13 Å². The lowest BCUT2D eigenvalue weighted by Crippen LogP contribution is -2.25. The Labute approximate surface area is 207 Å². The SMILES string of the molecule is COc1cnccc1-c1cc2c(NC3CCCCC3)c(C(N)=Nc3cc(F)ccc3Cl)cnn2c1. The van der Waals surface area contributed by atoms with Crippen LogP contribution in [-0.2, 0) is 0 Å². The van der Waals surface area contributed by atoms with Crippen molar-refractivity contribution in [1.29, 1.82) is 0 Å². The van der Waals surface area contributed by atoms with Crippen LogP contribution in [-0.4, -0.2) is 33.6 Å². The molecule has 0 aliphatic heterocycles. The summed E-state index contributed by atoms with van der Waals surface area (Å²) in [5, 5.41) is 8.62. The van der Waals surface area contributed by atoms with Gasteiger partial charge in [0.1, 0.15) is 17.4 Å². The Morgan fingerprint density at radius 1 is 1.20 bits per heavy atom. The third kappa shape index (κ3) is 4.79. The van der Waals surface area contributed by atoms with Gasteiger partial charge in [-0.1, -0.05) is 30.9 Å². The molecular formula is C26H26ClFN6O. The number of pyridine rings is 1. The van der Waals surface area contributed by atoms with E-state index in [0.717, 1.165) is 35.2 Å². The van der Waals surface area contributed by atoms with E-state index in [-0.39, 0.29) is 11.5 Å². The highest BCUT2D eigenvalue weighted by Gasteiger charge is 2.20. The lowest BCUT2D eigenvalue weighted by molar-refractivity contribution is 0.414. The number of ether oxygens (including phenoxy) is 1. The van der Waals surface area contributed by atoms with Crippen LogP contribution in [0.4, 0.5) is 15.8 Å². The van der Waals surface area contributed by atoms with Crippen molar-refractivity contribution in [1.82, 2.24) is 14.6 Å². The van der Waals surface area contributed by atoms with Gasteiger partial charge in [0.05, 0.1) is 47.0 Å². The zero-order valence-corrected chi connectivity index (χ0v) is 20.1. The molecule has 0 saturated heterocycles. The van der Waals surface area contributed by atoms with Gasteiger partial charge in [0, 0.05) is 35.6 Å². The van der Waals surface area contributed by atoms with E-state index in [2.05, 4.69) is 20.4 Å². The van der Waals surface area contributed by atoms with E-state index < -0.39 is 5.82 Å². The highest BCUT2D eigenvalue weighted by Crippen LogP contribution is 2.35. The van der Waals surface area contributed by atoms with Crippen LogP contribution in [0.5, 0.6) is 5.75 Å². The standard InChI is InChI=1S/C26H26ClFN6O/c1-35-24-14-30-10-9-19(24)16-11-23-25(32-18-5-3-2-4-6-18)20(13-31-34(23)15-16)26(29)33-22-12-17(28)7-8-21(22)27/h7-15,18,32H,2-6H2,1H3,(H2,29,33). The first-order chi connectivity index (χ1) is 17.0. The number of halogens is 2. The first-order valence-electron chi connectivity index (χ1n) is 11.6. The quantitative estimate of drug-likeness (QED) is 0.255. The summed E-state index contributed by atoms with van der Waals surface area (Å²) in [6.45, 7) is 0. The molecule has 0 spiro atoms. The smallest absolute Gasteiger partial charge is 0.145 e. The fraction of sp³-hybridized carbons (Fsp3) is 0.269. The molecule has 0 bridgehead atoms. The van der Waals surface area contributed by atoms with Crippen LogP contribution < -0.4 is 15.8 Å². The average Bonchev–Trinajstić information content (AvgIpc) is 3.32. The van der Waals surface area contributed by atoms with Crippen LogP contribution in [0.25, 0.3) is 16.6 Å². The molecule has 7 nitrogen and oxygen atoms in total. The van der Waals surface area contributed by atoms with E-state index in [0.29, 0.717) is 22.4 Å². The summed E-state index contributed by atoms with van der Waals surface area (Å²) in [6.07, 6.45) is 12.8. The van der Waals surface area contributed by atoms with Gasteiger partial charge in [-0.05, 0) is 37.1 Å². The number of fused-ring (bicyclic) bond motifs is 1. The van der Waals surface area contributed by atoms with Crippen LogP contribution in [0.1, 0.15) is 37.7 Å². The van der Waals surface area contributed by atoms with E-state index in [1.54, 1.807) is 25.7 Å². The first kappa shape index (κ1) is 23.1. The Kier molecular flexibility index (Phi) is 6.55. The number of aliphatic imine (C=N–C) groups is 1. The molecule has 4 aromatic rings. The molecule has 1 aliphatic rings. The highest BCUT2D eigenvalue weighted by molar-refractivity contribution is 6.33. The van der Waals surface area contributed by atoms with Gasteiger partial charge in [-0.25, -0.2) is 13.9 Å². The molecule has 0 atom stereocenters. The number of hydrogen-bond donors (Lipinski definition) is 2. The minimum atomic E-state index is -0.433. The number of amidine groups is 1. The van der Waals surface area contributed by atoms with E-state index in [9.17, 15) is 4.39 Å². The largest absolute Gasteiger partial charge is 0.494 e. The molecule has 3 N–H and O–H groups in total. The second-order valence-corrected chi connectivity index (χ2v) is 9.05. The number of rotatable bonds is 6. The highest BCUT2D eigenvalue weighted by atomic mass is 35.5. The topological polar surface area (TPSA) is 89.8 Å². The minimum absolute atomic E-state index is 0.204. The lowest BCUT2D eigenvalue weighted by Gasteiger charge is -2.25. The average molecular weight is 493 g/mol. The van der Waals surface area contributed by atoms with Gasteiger partial charge in [-0.15, -0.1) is 0 Å². The Balaban J connectivity index is 1.64. The number of nitrogens with one attached hydrogen (secondary N) is 1. The van der Waals surface area contributed by atoms with Gasteiger partial charge in [0.2, 0.25) is 0 Å². The number of nitrogens with two attached hydrogens (primary N) is 1. The Hall–Kier alpha value is -3.65. The number of benzene rings is 1. The number of methoxy groups -OCH3 is 1. The maximum absolute atomic E-state index is 13.8. The van der Waals surface area contributed by atoms with Crippen molar-refractivity contribution in [3.05, 3.63) is 71.5 Å². The first-order valence-corrected chi connectivity index (χ1v) is 12.0. The van der Waals surface area contributed by atoms with E-state index in [1.807, 2.05) is 22.8 Å². The predicted octanol–water partition coefficient (Wildman–Crippen LogP) is 5.98. The zero-order chi connectivity index (χ0) is 24.4. The molecule has 3 aromatic heterocycles. The van der Waals surface area contributed by atoms with Crippen molar-refractivity contribution in [3.63, 3.8) is 0 Å². The fourth-order valence-electron chi connectivity index (χ4n) is 4.54. The number of nitrogens with zero attached hydrogens (tertiary/aromatic N) is 4. The molecule has 9 heteroatoms. The Morgan fingerprint density at radius 3 is 2.83 bits per heavy atom. The molecule has 1 fully saturated rings. The van der Waals surface area contributed by atoms with Crippen molar-refractivity contribution in [2.45, 2.75) is 38.1 Å². The summed E-state index contributed by atoms with van der Waals surface area (Å²) in [5.74, 6) is 0.444. The molecule has 0 radical (unpaired) electrons. The van der Waals surface area contributed by atoms with E-state index >= 15 is 0 Å². The summed E-state index contributed by atoms with van der Waals surface area (Å²) in [4.78, 5) is 8.60. The van der Waals surface area contributed by atoms with Crippen molar-refractivity contribution >= 4 is 34.3 Å². The predicted molar refractivity (Wildman–Crippen MR) is 137 cm³/mol. The van der Waals surface area contributed by atoms with Gasteiger partial charge in [-0.3, -0.25) is 4.98 Å². The number of aromatic nitrogens is 3. The summed E-state index contributed by atoms with van der Waals surface area (Å²) >= 11 is 6.24. The Bertz CT molecular complexity index is 1400. The number of hydrogen-bond acceptors (Lipinski definition) is 5. The third-order valence-corrected chi connectivity index (χ3v) is 6.65. The molecule has 1 aromatic carbocycles. The summed E-state index contributed by atoms with van der Waals surface area (Å²) in [5.41, 5.74) is 10.9. The molecule has 3 heterocycles. The van der Waals surface area contributed by atoms with Crippen LogP contribution >= 0.6 is 11.6 Å². The van der Waals surface area contributed by atoms with Crippen LogP contribution in [0.15, 0.2) is 60.1 Å². The lowest BCUT2D eigenvalue weighted by atomic mass is 9.95. The molecule has 5 rings (SSSR count). The molecule has 1 aliphatic carbocycles. The van der Waals surface area contributed by atoms with Crippen molar-refractivity contribution in [2.24, 2.45) is 10.7 Å². The molecule has 180 valence electrons. The van der Waals surface area contributed by atoms with Gasteiger partial charge >= 0.3 is 0 Å². The molecule has 1 saturated carbocycles. The second kappa shape index (κ2) is 9.92. The zero-order valence-electron chi connectivity index (χ0n) is 19.3. The number of anilines is 1. The van der Waals surface area contributed by atoms with E-state index in [4.69, 9.17) is 22.1 Å². The normalized spacial score (nSPS) is 14.9. The summed E-state index contributed by atoms with van der Waals surface area (Å²) in [7, 11) is 1.62. The monoisotopic (exact) mass is 492 g/mol. The van der Waals surface area contributed by atoms with Crippen molar-refractivity contribution in [2.75, 3.05) is 12.4 Å². The molecule has 0 unspecified atom stereocenters. The van der Waals surface area contributed by atoms with E-state index in [1.165, 1.54) is 37.5 Å². The Morgan fingerprint density at radius 2 is 2.03 bits per heavy atom. The van der Waals surface area contributed by atoms with Gasteiger partial charge < -0.3 is 15.8 Å². The van der Waals surface area contributed by atoms with Gasteiger partial charge in [0.15, 0.2) is 0 Å².